The van der Waals surface area contributed by atoms with Gasteiger partial charge in [0.1, 0.15) is 0 Å². The Bertz CT molecular complexity index is 376. The van der Waals surface area contributed by atoms with Crippen LogP contribution in [0.2, 0.25) is 0 Å². The molecule has 16 heavy (non-hydrogen) atoms. The van der Waals surface area contributed by atoms with Crippen molar-refractivity contribution in [1.29, 1.82) is 0 Å². The van der Waals surface area contributed by atoms with Crippen LogP contribution >= 0.6 is 0 Å². The van der Waals surface area contributed by atoms with Crippen molar-refractivity contribution >= 4 is 0 Å². The molecular formula is C13H17F2N. The molecule has 0 aliphatic heterocycles. The van der Waals surface area contributed by atoms with Gasteiger partial charge in [0.15, 0.2) is 11.6 Å². The molecular weight excluding hydrogens is 208 g/mol. The van der Waals surface area contributed by atoms with Gasteiger partial charge in [0.05, 0.1) is 0 Å². The van der Waals surface area contributed by atoms with Crippen molar-refractivity contribution in [1.82, 2.24) is 5.32 Å². The maximum Gasteiger partial charge on any atom is 0.159 e. The highest BCUT2D eigenvalue weighted by atomic mass is 19.2. The minimum Gasteiger partial charge on any atom is -0.319 e. The SMILES string of the molecule is C=CC(C)(CNC)Cc1ccc(F)c(F)c1. The third kappa shape index (κ3) is 3.14. The minimum atomic E-state index is -0.808. The molecule has 0 aliphatic carbocycles. The molecule has 0 amide bonds. The molecule has 1 nitrogen and oxygen atoms in total. The molecule has 0 saturated carbocycles. The Balaban J connectivity index is 2.86. The number of benzene rings is 1. The van der Waals surface area contributed by atoms with Crippen LogP contribution in [0.4, 0.5) is 8.78 Å². The molecule has 1 atom stereocenters. The third-order valence-electron chi connectivity index (χ3n) is 2.67. The molecule has 1 unspecified atom stereocenters. The van der Waals surface area contributed by atoms with E-state index in [0.717, 1.165) is 18.2 Å². The van der Waals surface area contributed by atoms with Gasteiger partial charge in [0.2, 0.25) is 0 Å². The Hall–Kier alpha value is -1.22. The van der Waals surface area contributed by atoms with Gasteiger partial charge >= 0.3 is 0 Å². The van der Waals surface area contributed by atoms with Gasteiger partial charge in [-0.05, 0) is 31.2 Å². The van der Waals surface area contributed by atoms with E-state index in [1.54, 1.807) is 6.07 Å². The average Bonchev–Trinajstić information content (AvgIpc) is 2.24. The van der Waals surface area contributed by atoms with Crippen LogP contribution in [0.3, 0.4) is 0 Å². The van der Waals surface area contributed by atoms with E-state index in [-0.39, 0.29) is 5.41 Å². The lowest BCUT2D eigenvalue weighted by molar-refractivity contribution is 0.404. The first kappa shape index (κ1) is 12.8. The van der Waals surface area contributed by atoms with E-state index in [9.17, 15) is 8.78 Å². The first-order valence-electron chi connectivity index (χ1n) is 5.23. The van der Waals surface area contributed by atoms with Crippen LogP contribution in [0, 0.1) is 17.0 Å². The van der Waals surface area contributed by atoms with Crippen LogP contribution in [0.1, 0.15) is 12.5 Å². The Labute approximate surface area is 95.2 Å². The first-order chi connectivity index (χ1) is 7.50. The number of nitrogens with one attached hydrogen (secondary N) is 1. The van der Waals surface area contributed by atoms with Crippen LogP contribution in [-0.2, 0) is 6.42 Å². The second-order valence-electron chi connectivity index (χ2n) is 4.31. The van der Waals surface area contributed by atoms with Gasteiger partial charge in [0, 0.05) is 12.0 Å². The summed E-state index contributed by atoms with van der Waals surface area (Å²) in [5.74, 6) is -1.61. The largest absolute Gasteiger partial charge is 0.319 e. The van der Waals surface area contributed by atoms with Crippen molar-refractivity contribution in [3.05, 3.63) is 48.1 Å². The molecule has 1 aromatic carbocycles. The highest BCUT2D eigenvalue weighted by molar-refractivity contribution is 5.20. The maximum atomic E-state index is 13.0. The van der Waals surface area contributed by atoms with E-state index in [1.807, 2.05) is 20.0 Å². The summed E-state index contributed by atoms with van der Waals surface area (Å²) >= 11 is 0. The zero-order valence-electron chi connectivity index (χ0n) is 9.69. The average molecular weight is 225 g/mol. The third-order valence-corrected chi connectivity index (χ3v) is 2.67. The summed E-state index contributed by atoms with van der Waals surface area (Å²) in [4.78, 5) is 0. The summed E-state index contributed by atoms with van der Waals surface area (Å²) in [6.45, 7) is 6.55. The molecule has 1 rings (SSSR count). The molecule has 0 aromatic heterocycles. The quantitative estimate of drug-likeness (QED) is 0.760. The van der Waals surface area contributed by atoms with E-state index in [1.165, 1.54) is 6.07 Å². The summed E-state index contributed by atoms with van der Waals surface area (Å²) in [6.07, 6.45) is 2.47. The monoisotopic (exact) mass is 225 g/mol. The fourth-order valence-electron chi connectivity index (χ4n) is 1.73. The van der Waals surface area contributed by atoms with Gasteiger partial charge < -0.3 is 5.32 Å². The molecule has 0 aliphatic rings. The summed E-state index contributed by atoms with van der Waals surface area (Å²) in [5, 5.41) is 3.07. The topological polar surface area (TPSA) is 12.0 Å². The smallest absolute Gasteiger partial charge is 0.159 e. The highest BCUT2D eigenvalue weighted by Gasteiger charge is 2.20. The van der Waals surface area contributed by atoms with E-state index in [0.29, 0.717) is 6.42 Å². The highest BCUT2D eigenvalue weighted by Crippen LogP contribution is 2.23. The van der Waals surface area contributed by atoms with E-state index in [2.05, 4.69) is 11.9 Å². The molecule has 88 valence electrons. The first-order valence-corrected chi connectivity index (χ1v) is 5.23. The fourth-order valence-corrected chi connectivity index (χ4v) is 1.73. The standard InChI is InChI=1S/C13H17F2N/c1-4-13(2,9-16-3)8-10-5-6-11(14)12(15)7-10/h4-7,16H,1,8-9H2,2-3H3. The second-order valence-corrected chi connectivity index (χ2v) is 4.31. The summed E-state index contributed by atoms with van der Waals surface area (Å²) in [5.41, 5.74) is 0.621. The molecule has 0 radical (unpaired) electrons. The summed E-state index contributed by atoms with van der Waals surface area (Å²) in [7, 11) is 1.85. The number of halogens is 2. The van der Waals surface area contributed by atoms with Gasteiger partial charge in [0.25, 0.3) is 0 Å². The van der Waals surface area contributed by atoms with Crippen molar-refractivity contribution in [2.75, 3.05) is 13.6 Å². The lowest BCUT2D eigenvalue weighted by Crippen LogP contribution is -2.29. The van der Waals surface area contributed by atoms with Gasteiger partial charge in [-0.15, -0.1) is 6.58 Å². The van der Waals surface area contributed by atoms with Crippen molar-refractivity contribution in [3.63, 3.8) is 0 Å². The maximum absolute atomic E-state index is 13.0. The lowest BCUT2D eigenvalue weighted by Gasteiger charge is -2.25. The fraction of sp³-hybridized carbons (Fsp3) is 0.385. The van der Waals surface area contributed by atoms with E-state index < -0.39 is 11.6 Å². The van der Waals surface area contributed by atoms with Gasteiger partial charge in [-0.1, -0.05) is 19.1 Å². The predicted molar refractivity (Wildman–Crippen MR) is 62.3 cm³/mol. The number of rotatable bonds is 5. The Morgan fingerprint density at radius 3 is 2.56 bits per heavy atom. The summed E-state index contributed by atoms with van der Waals surface area (Å²) in [6, 6.07) is 4.01. The Kier molecular flexibility index (Phi) is 4.19. The normalized spacial score (nSPS) is 14.5. The minimum absolute atomic E-state index is 0.154. The van der Waals surface area contributed by atoms with Crippen LogP contribution in [0.15, 0.2) is 30.9 Å². The van der Waals surface area contributed by atoms with Crippen LogP contribution < -0.4 is 5.32 Å². The van der Waals surface area contributed by atoms with E-state index >= 15 is 0 Å². The van der Waals surface area contributed by atoms with Crippen molar-refractivity contribution in [2.45, 2.75) is 13.3 Å². The molecule has 0 spiro atoms. The number of hydrogen-bond donors (Lipinski definition) is 1. The summed E-state index contributed by atoms with van der Waals surface area (Å²) < 4.78 is 25.8. The lowest BCUT2D eigenvalue weighted by atomic mass is 9.83. The number of hydrogen-bond acceptors (Lipinski definition) is 1. The predicted octanol–water partition coefficient (Wildman–Crippen LogP) is 2.92. The second kappa shape index (κ2) is 5.21. The molecule has 1 aromatic rings. The van der Waals surface area contributed by atoms with Crippen molar-refractivity contribution in [3.8, 4) is 0 Å². The molecule has 0 heterocycles. The van der Waals surface area contributed by atoms with Gasteiger partial charge in [-0.2, -0.15) is 0 Å². The molecule has 0 fully saturated rings. The van der Waals surface area contributed by atoms with E-state index in [4.69, 9.17) is 0 Å². The zero-order chi connectivity index (χ0) is 12.2. The van der Waals surface area contributed by atoms with Gasteiger partial charge in [-0.25, -0.2) is 8.78 Å². The Morgan fingerprint density at radius 1 is 1.38 bits per heavy atom. The molecule has 0 saturated heterocycles. The zero-order valence-corrected chi connectivity index (χ0v) is 9.69. The Morgan fingerprint density at radius 2 is 2.06 bits per heavy atom. The van der Waals surface area contributed by atoms with Crippen molar-refractivity contribution in [2.24, 2.45) is 5.41 Å². The van der Waals surface area contributed by atoms with Gasteiger partial charge in [-0.3, -0.25) is 0 Å². The molecule has 3 heteroatoms. The van der Waals surface area contributed by atoms with Crippen molar-refractivity contribution < 1.29 is 8.78 Å². The molecule has 0 bridgehead atoms. The van der Waals surface area contributed by atoms with Crippen LogP contribution in [0.5, 0.6) is 0 Å². The molecule has 1 N–H and O–H groups in total. The van der Waals surface area contributed by atoms with Crippen LogP contribution in [-0.4, -0.2) is 13.6 Å². The van der Waals surface area contributed by atoms with Crippen LogP contribution in [0.25, 0.3) is 0 Å².